The SMILES string of the molecule is C[Si]CCCOCCOCCOCCOCCOCCOCCO. The van der Waals surface area contributed by atoms with E-state index in [1.165, 1.54) is 6.04 Å². The van der Waals surface area contributed by atoms with Gasteiger partial charge in [-0.2, -0.15) is 0 Å². The molecule has 2 radical (unpaired) electrons. The molecule has 0 aromatic carbocycles. The molecule has 1 N–H and O–H groups in total. The van der Waals surface area contributed by atoms with Gasteiger partial charge in [-0.1, -0.05) is 12.6 Å². The topological polar surface area (TPSA) is 75.6 Å². The Balaban J connectivity index is 2.93. The third-order valence-electron chi connectivity index (χ3n) is 2.81. The minimum atomic E-state index is 0.0429. The third kappa shape index (κ3) is 21.9. The first kappa shape index (κ1) is 23.9. The van der Waals surface area contributed by atoms with Crippen LogP contribution in [0.25, 0.3) is 0 Å². The maximum absolute atomic E-state index is 8.51. The van der Waals surface area contributed by atoms with Gasteiger partial charge in [-0.05, 0) is 6.42 Å². The van der Waals surface area contributed by atoms with Crippen LogP contribution < -0.4 is 0 Å². The van der Waals surface area contributed by atoms with E-state index in [-0.39, 0.29) is 6.61 Å². The molecule has 0 saturated heterocycles. The van der Waals surface area contributed by atoms with Crippen LogP contribution in [0.3, 0.4) is 0 Å². The van der Waals surface area contributed by atoms with Crippen molar-refractivity contribution in [3.05, 3.63) is 0 Å². The Hall–Kier alpha value is -0.0631. The lowest BCUT2D eigenvalue weighted by Gasteiger charge is -2.08. The highest BCUT2D eigenvalue weighted by molar-refractivity contribution is 6.33. The molecule has 8 heteroatoms. The number of aliphatic hydroxyl groups is 1. The van der Waals surface area contributed by atoms with Crippen molar-refractivity contribution in [1.29, 1.82) is 0 Å². The molecule has 0 spiro atoms. The van der Waals surface area contributed by atoms with Gasteiger partial charge in [0.05, 0.1) is 79.3 Å². The maximum atomic E-state index is 8.51. The number of ether oxygens (including phenoxy) is 6. The average molecular weight is 367 g/mol. The maximum Gasteiger partial charge on any atom is 0.0701 e. The van der Waals surface area contributed by atoms with Gasteiger partial charge in [0, 0.05) is 16.1 Å². The van der Waals surface area contributed by atoms with Gasteiger partial charge >= 0.3 is 0 Å². The molecule has 0 heterocycles. The van der Waals surface area contributed by atoms with Crippen LogP contribution in [0.1, 0.15) is 6.42 Å². The molecule has 0 aliphatic carbocycles. The number of hydrogen-bond donors (Lipinski definition) is 1. The Morgan fingerprint density at radius 3 is 1.21 bits per heavy atom. The van der Waals surface area contributed by atoms with Crippen molar-refractivity contribution < 1.29 is 33.5 Å². The van der Waals surface area contributed by atoms with Crippen LogP contribution in [-0.2, 0) is 28.4 Å². The summed E-state index contributed by atoms with van der Waals surface area (Å²) in [7, 11) is 1.01. The van der Waals surface area contributed by atoms with Crippen LogP contribution in [0.5, 0.6) is 0 Å². The Labute approximate surface area is 148 Å². The average Bonchev–Trinajstić information content (AvgIpc) is 2.60. The lowest BCUT2D eigenvalue weighted by Crippen LogP contribution is -2.14. The van der Waals surface area contributed by atoms with Gasteiger partial charge in [0.1, 0.15) is 0 Å². The van der Waals surface area contributed by atoms with Gasteiger partial charge in [-0.15, -0.1) is 0 Å². The molecule has 0 rings (SSSR count). The van der Waals surface area contributed by atoms with E-state index in [0.29, 0.717) is 72.7 Å². The summed E-state index contributed by atoms with van der Waals surface area (Å²) in [6, 6.07) is 1.25. The molecule has 0 saturated carbocycles. The number of aliphatic hydroxyl groups excluding tert-OH is 1. The van der Waals surface area contributed by atoms with Crippen LogP contribution in [0.2, 0.25) is 12.6 Å². The van der Waals surface area contributed by atoms with Gasteiger partial charge in [0.25, 0.3) is 0 Å². The van der Waals surface area contributed by atoms with E-state index < -0.39 is 0 Å². The van der Waals surface area contributed by atoms with Crippen LogP contribution in [0, 0.1) is 0 Å². The minimum Gasteiger partial charge on any atom is -0.394 e. The molecule has 0 aliphatic rings. The summed E-state index contributed by atoms with van der Waals surface area (Å²) >= 11 is 0. The van der Waals surface area contributed by atoms with Gasteiger partial charge < -0.3 is 33.5 Å². The molecule has 0 amide bonds. The fraction of sp³-hybridized carbons (Fsp3) is 1.00. The lowest BCUT2D eigenvalue weighted by atomic mass is 10.5. The molecule has 7 nitrogen and oxygen atoms in total. The molecule has 0 aromatic rings. The highest BCUT2D eigenvalue weighted by atomic mass is 28.2. The summed E-state index contributed by atoms with van der Waals surface area (Å²) in [6.07, 6.45) is 1.14. The molecule has 0 unspecified atom stereocenters. The Morgan fingerprint density at radius 2 is 0.875 bits per heavy atom. The molecular formula is C16H34O7Si. The Bertz CT molecular complexity index is 201. The first-order chi connectivity index (χ1) is 11.9. The predicted octanol–water partition coefficient (Wildman–Crippen LogP) is 0.639. The largest absolute Gasteiger partial charge is 0.394 e. The fourth-order valence-corrected chi connectivity index (χ4v) is 2.12. The van der Waals surface area contributed by atoms with E-state index in [2.05, 4.69) is 6.55 Å². The van der Waals surface area contributed by atoms with Crippen molar-refractivity contribution in [3.63, 3.8) is 0 Å². The van der Waals surface area contributed by atoms with E-state index in [4.69, 9.17) is 33.5 Å². The van der Waals surface area contributed by atoms with Crippen molar-refractivity contribution in [1.82, 2.24) is 0 Å². The molecule has 24 heavy (non-hydrogen) atoms. The first-order valence-corrected chi connectivity index (χ1v) is 10.3. The second-order valence-electron chi connectivity index (χ2n) is 4.85. The smallest absolute Gasteiger partial charge is 0.0701 e. The van der Waals surface area contributed by atoms with E-state index in [0.717, 1.165) is 22.5 Å². The third-order valence-corrected chi connectivity index (χ3v) is 3.66. The molecule has 0 aliphatic heterocycles. The highest BCUT2D eigenvalue weighted by Crippen LogP contribution is 1.90. The number of hydrogen-bond acceptors (Lipinski definition) is 7. The van der Waals surface area contributed by atoms with Crippen LogP contribution in [0.4, 0.5) is 0 Å². The van der Waals surface area contributed by atoms with E-state index in [1.54, 1.807) is 0 Å². The van der Waals surface area contributed by atoms with Crippen LogP contribution >= 0.6 is 0 Å². The second kappa shape index (κ2) is 22.9. The molecular weight excluding hydrogens is 332 g/mol. The van der Waals surface area contributed by atoms with Crippen molar-refractivity contribution in [2.45, 2.75) is 19.0 Å². The van der Waals surface area contributed by atoms with E-state index >= 15 is 0 Å². The van der Waals surface area contributed by atoms with Crippen molar-refractivity contribution in [2.24, 2.45) is 0 Å². The predicted molar refractivity (Wildman–Crippen MR) is 93.0 cm³/mol. The summed E-state index contributed by atoms with van der Waals surface area (Å²) < 4.78 is 31.9. The Morgan fingerprint density at radius 1 is 0.542 bits per heavy atom. The highest BCUT2D eigenvalue weighted by Gasteiger charge is 1.94. The molecule has 0 aromatic heterocycles. The normalized spacial score (nSPS) is 11.2. The molecule has 0 bridgehead atoms. The van der Waals surface area contributed by atoms with Crippen LogP contribution in [0.15, 0.2) is 0 Å². The Kier molecular flexibility index (Phi) is 22.9. The van der Waals surface area contributed by atoms with Crippen molar-refractivity contribution >= 4 is 9.52 Å². The summed E-state index contributed by atoms with van der Waals surface area (Å²) in [5.41, 5.74) is 0. The zero-order valence-corrected chi connectivity index (χ0v) is 16.0. The minimum absolute atomic E-state index is 0.0429. The van der Waals surface area contributed by atoms with Gasteiger partial charge in [-0.3, -0.25) is 0 Å². The van der Waals surface area contributed by atoms with Gasteiger partial charge in [0.15, 0.2) is 0 Å². The van der Waals surface area contributed by atoms with Crippen LogP contribution in [-0.4, -0.2) is 101 Å². The second-order valence-corrected chi connectivity index (χ2v) is 6.06. The van der Waals surface area contributed by atoms with Crippen molar-refractivity contribution in [2.75, 3.05) is 85.9 Å². The summed E-state index contributed by atoms with van der Waals surface area (Å²) in [4.78, 5) is 0. The van der Waals surface area contributed by atoms with Crippen molar-refractivity contribution in [3.8, 4) is 0 Å². The first-order valence-electron chi connectivity index (χ1n) is 8.63. The number of rotatable bonds is 21. The zero-order chi connectivity index (χ0) is 17.6. The summed E-state index contributed by atoms with van der Waals surface area (Å²) in [5, 5.41) is 8.51. The monoisotopic (exact) mass is 366 g/mol. The fourth-order valence-electron chi connectivity index (χ4n) is 1.62. The zero-order valence-electron chi connectivity index (χ0n) is 15.0. The molecule has 144 valence electrons. The summed E-state index contributed by atoms with van der Waals surface area (Å²) in [5.74, 6) is 0. The lowest BCUT2D eigenvalue weighted by molar-refractivity contribution is -0.0181. The van der Waals surface area contributed by atoms with E-state index in [9.17, 15) is 0 Å². The molecule has 0 atom stereocenters. The van der Waals surface area contributed by atoms with Gasteiger partial charge in [0.2, 0.25) is 0 Å². The van der Waals surface area contributed by atoms with Gasteiger partial charge in [-0.25, -0.2) is 0 Å². The van der Waals surface area contributed by atoms with E-state index in [1.807, 2.05) is 0 Å². The standard InChI is InChI=1S/C16H34O7Si/c1-24-16-2-4-18-6-8-20-10-12-22-14-15-23-13-11-21-9-7-19-5-3-17/h17H,2-16H2,1H3. The quantitative estimate of drug-likeness (QED) is 0.236. The molecule has 0 fully saturated rings. The summed E-state index contributed by atoms with van der Waals surface area (Å²) in [6.45, 7) is 9.03.